The number of phenolic OH excluding ortho intramolecular Hbond substituents is 1. The van der Waals surface area contributed by atoms with Crippen LogP contribution in [0.25, 0.3) is 0 Å². The third-order valence-corrected chi connectivity index (χ3v) is 6.72. The number of phenols is 1. The van der Waals surface area contributed by atoms with Gasteiger partial charge in [0.2, 0.25) is 0 Å². The van der Waals surface area contributed by atoms with Gasteiger partial charge in [0.1, 0.15) is 5.75 Å². The van der Waals surface area contributed by atoms with Crippen molar-refractivity contribution in [3.05, 3.63) is 29.3 Å². The summed E-state index contributed by atoms with van der Waals surface area (Å²) in [5.74, 6) is 1.11. The molecule has 1 fully saturated rings. The SMILES string of the molecule is CCC[C@H](C)N1CC[C@]2(CCC)c3cc(O)ccc3C[C@@H]1[C@@H]2C. The van der Waals surface area contributed by atoms with Crippen molar-refractivity contribution in [1.82, 2.24) is 4.90 Å². The van der Waals surface area contributed by atoms with E-state index in [-0.39, 0.29) is 5.41 Å². The molecule has 1 aliphatic carbocycles. The van der Waals surface area contributed by atoms with Gasteiger partial charge in [-0.2, -0.15) is 0 Å². The number of aromatic hydroxyl groups is 1. The van der Waals surface area contributed by atoms with Gasteiger partial charge in [-0.05, 0) is 68.3 Å². The number of hydrogen-bond acceptors (Lipinski definition) is 2. The van der Waals surface area contributed by atoms with Crippen molar-refractivity contribution in [3.63, 3.8) is 0 Å². The minimum absolute atomic E-state index is 0.272. The van der Waals surface area contributed by atoms with E-state index in [0.717, 1.165) is 6.42 Å². The molecule has 1 aromatic carbocycles. The first-order chi connectivity index (χ1) is 11.0. The highest BCUT2D eigenvalue weighted by Crippen LogP contribution is 2.52. The molecule has 2 nitrogen and oxygen atoms in total. The third kappa shape index (κ3) is 2.69. The van der Waals surface area contributed by atoms with E-state index in [9.17, 15) is 5.11 Å². The van der Waals surface area contributed by atoms with E-state index in [1.165, 1.54) is 49.8 Å². The van der Waals surface area contributed by atoms with Crippen LogP contribution in [-0.4, -0.2) is 28.6 Å². The molecule has 1 N–H and O–H groups in total. The lowest BCUT2D eigenvalue weighted by Gasteiger charge is -2.57. The van der Waals surface area contributed by atoms with Crippen molar-refractivity contribution in [2.45, 2.75) is 83.7 Å². The van der Waals surface area contributed by atoms with Crippen LogP contribution in [-0.2, 0) is 11.8 Å². The molecule has 0 aromatic heterocycles. The van der Waals surface area contributed by atoms with Crippen LogP contribution in [0.15, 0.2) is 18.2 Å². The first kappa shape index (κ1) is 16.8. The van der Waals surface area contributed by atoms with Crippen molar-refractivity contribution in [2.24, 2.45) is 5.92 Å². The molecule has 128 valence electrons. The van der Waals surface area contributed by atoms with E-state index in [1.807, 2.05) is 6.07 Å². The fraction of sp³-hybridized carbons (Fsp3) is 0.714. The Balaban J connectivity index is 2.02. The zero-order valence-corrected chi connectivity index (χ0v) is 15.3. The molecule has 1 aromatic rings. The van der Waals surface area contributed by atoms with Gasteiger partial charge in [-0.25, -0.2) is 0 Å². The third-order valence-electron chi connectivity index (χ3n) is 6.72. The Bertz CT molecular complexity index is 555. The molecule has 4 atom stereocenters. The summed E-state index contributed by atoms with van der Waals surface area (Å²) in [6.45, 7) is 10.7. The minimum Gasteiger partial charge on any atom is -0.508 e. The van der Waals surface area contributed by atoms with E-state index in [1.54, 1.807) is 0 Å². The van der Waals surface area contributed by atoms with Gasteiger partial charge in [0.05, 0.1) is 0 Å². The topological polar surface area (TPSA) is 23.5 Å². The maximum atomic E-state index is 10.1. The van der Waals surface area contributed by atoms with E-state index in [4.69, 9.17) is 0 Å². The molecule has 0 radical (unpaired) electrons. The molecule has 2 aliphatic rings. The molecule has 2 heteroatoms. The van der Waals surface area contributed by atoms with Crippen molar-refractivity contribution in [1.29, 1.82) is 0 Å². The first-order valence-corrected chi connectivity index (χ1v) is 9.61. The highest BCUT2D eigenvalue weighted by Gasteiger charge is 2.51. The van der Waals surface area contributed by atoms with Gasteiger partial charge in [-0.3, -0.25) is 4.90 Å². The highest BCUT2D eigenvalue weighted by molar-refractivity contribution is 5.44. The summed E-state index contributed by atoms with van der Waals surface area (Å²) in [5.41, 5.74) is 3.20. The lowest BCUT2D eigenvalue weighted by molar-refractivity contribution is -0.00682. The van der Waals surface area contributed by atoms with Crippen LogP contribution in [0.4, 0.5) is 0 Å². The number of likely N-dealkylation sites (tertiary alicyclic amines) is 1. The Kier molecular flexibility index (Phi) is 4.73. The zero-order valence-electron chi connectivity index (χ0n) is 15.3. The standard InChI is InChI=1S/C21H33NO/c1-5-7-15(3)22-12-11-21(10-6-2)16(4)20(22)13-17-8-9-18(23)14-19(17)21/h8-9,14-16,20,23H,5-7,10-13H2,1-4H3/t15-,16-,20+,21-/m0/s1. The van der Waals surface area contributed by atoms with Crippen molar-refractivity contribution < 1.29 is 5.11 Å². The van der Waals surface area contributed by atoms with Crippen molar-refractivity contribution in [2.75, 3.05) is 6.54 Å². The summed E-state index contributed by atoms with van der Waals surface area (Å²) >= 11 is 0. The Morgan fingerprint density at radius 1 is 1.30 bits per heavy atom. The van der Waals surface area contributed by atoms with Crippen LogP contribution in [0.1, 0.15) is 70.9 Å². The van der Waals surface area contributed by atoms with E-state index in [0.29, 0.717) is 23.8 Å². The average Bonchev–Trinajstić information content (AvgIpc) is 2.51. The number of rotatable bonds is 5. The van der Waals surface area contributed by atoms with Gasteiger partial charge < -0.3 is 5.11 Å². The lowest BCUT2D eigenvalue weighted by Crippen LogP contribution is -2.60. The van der Waals surface area contributed by atoms with Gasteiger partial charge >= 0.3 is 0 Å². The maximum absolute atomic E-state index is 10.1. The molecule has 1 saturated heterocycles. The average molecular weight is 316 g/mol. The molecule has 2 bridgehead atoms. The van der Waals surface area contributed by atoms with Crippen LogP contribution in [0.3, 0.4) is 0 Å². The zero-order chi connectivity index (χ0) is 16.6. The number of piperidine rings is 1. The molecule has 0 unspecified atom stereocenters. The Labute approximate surface area is 141 Å². The maximum Gasteiger partial charge on any atom is 0.115 e. The van der Waals surface area contributed by atoms with Crippen LogP contribution in [0.5, 0.6) is 5.75 Å². The molecule has 1 aliphatic heterocycles. The molecule has 3 rings (SSSR count). The second kappa shape index (κ2) is 6.47. The van der Waals surface area contributed by atoms with Crippen molar-refractivity contribution in [3.8, 4) is 5.75 Å². The minimum atomic E-state index is 0.272. The van der Waals surface area contributed by atoms with Crippen LogP contribution >= 0.6 is 0 Å². The number of fused-ring (bicyclic) bond motifs is 4. The van der Waals surface area contributed by atoms with Crippen LogP contribution in [0.2, 0.25) is 0 Å². The second-order valence-electron chi connectivity index (χ2n) is 7.93. The van der Waals surface area contributed by atoms with E-state index >= 15 is 0 Å². The van der Waals surface area contributed by atoms with Crippen molar-refractivity contribution >= 4 is 0 Å². The lowest BCUT2D eigenvalue weighted by atomic mass is 9.56. The fourth-order valence-corrected chi connectivity index (χ4v) is 5.55. The van der Waals surface area contributed by atoms with Gasteiger partial charge in [-0.15, -0.1) is 0 Å². The Hall–Kier alpha value is -1.02. The van der Waals surface area contributed by atoms with Crippen LogP contribution in [0, 0.1) is 5.92 Å². The summed E-state index contributed by atoms with van der Waals surface area (Å²) in [4.78, 5) is 2.79. The summed E-state index contributed by atoms with van der Waals surface area (Å²) in [5, 5.41) is 10.1. The van der Waals surface area contributed by atoms with Gasteiger partial charge in [0, 0.05) is 17.5 Å². The smallest absolute Gasteiger partial charge is 0.115 e. The van der Waals surface area contributed by atoms with Gasteiger partial charge in [0.25, 0.3) is 0 Å². The molecule has 0 amide bonds. The molecular formula is C21H33NO. The predicted molar refractivity (Wildman–Crippen MR) is 97.0 cm³/mol. The highest BCUT2D eigenvalue weighted by atomic mass is 16.3. The van der Waals surface area contributed by atoms with Crippen LogP contribution < -0.4 is 0 Å². The van der Waals surface area contributed by atoms with Gasteiger partial charge in [-0.1, -0.05) is 39.7 Å². The normalized spacial score (nSPS) is 31.7. The summed E-state index contributed by atoms with van der Waals surface area (Å²) < 4.78 is 0. The number of hydrogen-bond donors (Lipinski definition) is 1. The summed E-state index contributed by atoms with van der Waals surface area (Å²) in [6, 6.07) is 7.48. The number of benzene rings is 1. The number of nitrogens with zero attached hydrogens (tertiary/aromatic N) is 1. The Morgan fingerprint density at radius 2 is 2.09 bits per heavy atom. The quantitative estimate of drug-likeness (QED) is 0.836. The predicted octanol–water partition coefficient (Wildman–Crippen LogP) is 4.89. The largest absolute Gasteiger partial charge is 0.508 e. The summed E-state index contributed by atoms with van der Waals surface area (Å²) in [7, 11) is 0. The Morgan fingerprint density at radius 3 is 2.78 bits per heavy atom. The molecule has 1 heterocycles. The van der Waals surface area contributed by atoms with E-state index < -0.39 is 0 Å². The van der Waals surface area contributed by atoms with Gasteiger partial charge in [0.15, 0.2) is 0 Å². The molecule has 23 heavy (non-hydrogen) atoms. The molecule has 0 spiro atoms. The molecule has 0 saturated carbocycles. The molecular weight excluding hydrogens is 282 g/mol. The summed E-state index contributed by atoms with van der Waals surface area (Å²) in [6.07, 6.45) is 7.42. The first-order valence-electron chi connectivity index (χ1n) is 9.61. The fourth-order valence-electron chi connectivity index (χ4n) is 5.55. The second-order valence-corrected chi connectivity index (χ2v) is 7.93. The monoisotopic (exact) mass is 315 g/mol. The van der Waals surface area contributed by atoms with E-state index in [2.05, 4.69) is 44.7 Å².